The molecule has 0 amide bonds. The van der Waals surface area contributed by atoms with Crippen LogP contribution in [0.2, 0.25) is 10.0 Å². The van der Waals surface area contributed by atoms with Crippen molar-refractivity contribution in [2.75, 3.05) is 7.11 Å². The van der Waals surface area contributed by atoms with E-state index >= 15 is 0 Å². The van der Waals surface area contributed by atoms with Gasteiger partial charge in [0, 0.05) is 10.4 Å². The third kappa shape index (κ3) is 4.33. The average Bonchev–Trinajstić information content (AvgIpc) is 3.06. The van der Waals surface area contributed by atoms with E-state index in [2.05, 4.69) is 0 Å². The molecule has 0 aliphatic heterocycles. The van der Waals surface area contributed by atoms with Crippen molar-refractivity contribution in [3.05, 3.63) is 74.6 Å². The van der Waals surface area contributed by atoms with E-state index in [1.165, 1.54) is 11.3 Å². The van der Waals surface area contributed by atoms with Gasteiger partial charge in [0.25, 0.3) is 0 Å². The molecule has 2 aromatic carbocycles. The Bertz CT molecular complexity index is 1010. The molecule has 27 heavy (non-hydrogen) atoms. The van der Waals surface area contributed by atoms with Crippen LogP contribution in [0, 0.1) is 0 Å². The van der Waals surface area contributed by atoms with E-state index in [1.54, 1.807) is 55.6 Å². The summed E-state index contributed by atoms with van der Waals surface area (Å²) in [5.74, 6) is -0.501. The molecular formula is C20H14Cl2O4S. The van der Waals surface area contributed by atoms with E-state index in [4.69, 9.17) is 27.9 Å². The van der Waals surface area contributed by atoms with E-state index in [0.717, 1.165) is 5.56 Å². The predicted molar refractivity (Wildman–Crippen MR) is 108 cm³/mol. The molecule has 3 aromatic rings. The zero-order valence-electron chi connectivity index (χ0n) is 14.2. The molecule has 0 atom stereocenters. The summed E-state index contributed by atoms with van der Waals surface area (Å²) in [5.41, 5.74) is 1.78. The number of ketones is 1. The molecule has 1 aromatic heterocycles. The topological polar surface area (TPSA) is 63.6 Å². The van der Waals surface area contributed by atoms with Crippen LogP contribution in [-0.2, 0) is 11.2 Å². The second-order valence-corrected chi connectivity index (χ2v) is 7.59. The van der Waals surface area contributed by atoms with Gasteiger partial charge in [0.15, 0.2) is 0 Å². The summed E-state index contributed by atoms with van der Waals surface area (Å²) < 4.78 is 5.10. The fraction of sp³-hybridized carbons (Fsp3) is 0.100. The maximum Gasteiger partial charge on any atom is 0.307 e. The highest BCUT2D eigenvalue weighted by Gasteiger charge is 2.19. The number of hydrogen-bond acceptors (Lipinski definition) is 4. The second kappa shape index (κ2) is 8.13. The number of carbonyl (C=O) groups excluding carboxylic acids is 1. The van der Waals surface area contributed by atoms with E-state index in [0.29, 0.717) is 36.7 Å². The van der Waals surface area contributed by atoms with Gasteiger partial charge in [-0.05, 0) is 53.6 Å². The Morgan fingerprint density at radius 1 is 1.04 bits per heavy atom. The van der Waals surface area contributed by atoms with Crippen LogP contribution in [0.1, 0.15) is 20.8 Å². The van der Waals surface area contributed by atoms with Gasteiger partial charge in [-0.25, -0.2) is 0 Å². The Hall–Kier alpha value is -2.34. The SMILES string of the molecule is COc1ccc(C(=O)c2cc(CC(=O)O)c(-c3ccc(Cl)c(Cl)c3)s2)cc1. The van der Waals surface area contributed by atoms with Gasteiger partial charge >= 0.3 is 5.97 Å². The van der Waals surface area contributed by atoms with Crippen LogP contribution in [0.4, 0.5) is 0 Å². The molecule has 0 fully saturated rings. The largest absolute Gasteiger partial charge is 0.497 e. The third-order valence-electron chi connectivity index (χ3n) is 3.91. The van der Waals surface area contributed by atoms with Crippen LogP contribution in [-0.4, -0.2) is 24.0 Å². The number of aliphatic carboxylic acids is 1. The molecule has 7 heteroatoms. The van der Waals surface area contributed by atoms with Crippen LogP contribution in [0.3, 0.4) is 0 Å². The van der Waals surface area contributed by atoms with E-state index in [-0.39, 0.29) is 12.2 Å². The maximum atomic E-state index is 12.8. The highest BCUT2D eigenvalue weighted by molar-refractivity contribution is 7.17. The quantitative estimate of drug-likeness (QED) is 0.527. The maximum absolute atomic E-state index is 12.8. The zero-order chi connectivity index (χ0) is 19.6. The van der Waals surface area contributed by atoms with E-state index in [1.807, 2.05) is 0 Å². The number of halogens is 2. The summed E-state index contributed by atoms with van der Waals surface area (Å²) in [4.78, 5) is 25.2. The highest BCUT2D eigenvalue weighted by atomic mass is 35.5. The van der Waals surface area contributed by atoms with Crippen molar-refractivity contribution in [1.29, 1.82) is 0 Å². The van der Waals surface area contributed by atoms with Crippen molar-refractivity contribution in [2.45, 2.75) is 6.42 Å². The lowest BCUT2D eigenvalue weighted by molar-refractivity contribution is -0.136. The molecule has 4 nitrogen and oxygen atoms in total. The molecule has 0 spiro atoms. The summed E-state index contributed by atoms with van der Waals surface area (Å²) in [6, 6.07) is 13.5. The molecule has 0 aliphatic rings. The van der Waals surface area contributed by atoms with E-state index in [9.17, 15) is 14.7 Å². The summed E-state index contributed by atoms with van der Waals surface area (Å²) >= 11 is 13.3. The van der Waals surface area contributed by atoms with Crippen molar-refractivity contribution < 1.29 is 19.4 Å². The minimum absolute atomic E-state index is 0.180. The molecule has 0 bridgehead atoms. The third-order valence-corrected chi connectivity index (χ3v) is 5.87. The molecule has 0 saturated carbocycles. The number of carbonyl (C=O) groups is 2. The van der Waals surface area contributed by atoms with Gasteiger partial charge in [0.1, 0.15) is 5.75 Å². The highest BCUT2D eigenvalue weighted by Crippen LogP contribution is 2.37. The molecule has 0 radical (unpaired) electrons. The van der Waals surface area contributed by atoms with Crippen LogP contribution in [0.15, 0.2) is 48.5 Å². The van der Waals surface area contributed by atoms with Gasteiger partial charge in [-0.15, -0.1) is 11.3 Å². The van der Waals surface area contributed by atoms with Gasteiger partial charge < -0.3 is 9.84 Å². The number of methoxy groups -OCH3 is 1. The normalized spacial score (nSPS) is 10.6. The first-order valence-corrected chi connectivity index (χ1v) is 9.45. The minimum Gasteiger partial charge on any atom is -0.497 e. The van der Waals surface area contributed by atoms with Crippen molar-refractivity contribution in [3.63, 3.8) is 0 Å². The van der Waals surface area contributed by atoms with Gasteiger partial charge in [-0.2, -0.15) is 0 Å². The number of hydrogen-bond donors (Lipinski definition) is 1. The molecule has 0 unspecified atom stereocenters. The van der Waals surface area contributed by atoms with E-state index < -0.39 is 5.97 Å². The number of ether oxygens (including phenoxy) is 1. The first-order valence-electron chi connectivity index (χ1n) is 7.87. The van der Waals surface area contributed by atoms with Crippen LogP contribution in [0.25, 0.3) is 10.4 Å². The first-order chi connectivity index (χ1) is 12.9. The van der Waals surface area contributed by atoms with Gasteiger partial charge in [0.05, 0.1) is 28.5 Å². The molecule has 1 heterocycles. The Balaban J connectivity index is 2.03. The molecule has 0 aliphatic carbocycles. The molecular weight excluding hydrogens is 407 g/mol. The number of thiophene rings is 1. The molecule has 1 N–H and O–H groups in total. The Kier molecular flexibility index (Phi) is 5.85. The summed E-state index contributed by atoms with van der Waals surface area (Å²) in [6.07, 6.45) is -0.192. The van der Waals surface area contributed by atoms with Crippen molar-refractivity contribution in [1.82, 2.24) is 0 Å². The van der Waals surface area contributed by atoms with Crippen LogP contribution < -0.4 is 4.74 Å². The van der Waals surface area contributed by atoms with Crippen LogP contribution in [0.5, 0.6) is 5.75 Å². The van der Waals surface area contributed by atoms with Crippen molar-refractivity contribution >= 4 is 46.3 Å². The summed E-state index contributed by atoms with van der Waals surface area (Å²) in [7, 11) is 1.55. The fourth-order valence-electron chi connectivity index (χ4n) is 2.60. The predicted octanol–water partition coefficient (Wildman–Crippen LogP) is 5.59. The standard InChI is InChI=1S/C20H14Cl2O4S/c1-26-14-5-2-11(3-6-14)19(25)17-9-13(10-18(23)24)20(27-17)12-4-7-15(21)16(22)8-12/h2-9H,10H2,1H3,(H,23,24). The monoisotopic (exact) mass is 420 g/mol. The first kappa shape index (κ1) is 19.4. The van der Waals surface area contributed by atoms with Crippen molar-refractivity contribution in [3.8, 4) is 16.2 Å². The van der Waals surface area contributed by atoms with Crippen molar-refractivity contribution in [2.24, 2.45) is 0 Å². The second-order valence-electron chi connectivity index (χ2n) is 5.72. The number of carboxylic acid groups (broad SMARTS) is 1. The lowest BCUT2D eigenvalue weighted by atomic mass is 10.0. The summed E-state index contributed by atoms with van der Waals surface area (Å²) in [6.45, 7) is 0. The number of carboxylic acids is 1. The lowest BCUT2D eigenvalue weighted by Crippen LogP contribution is -2.01. The number of rotatable bonds is 6. The molecule has 138 valence electrons. The zero-order valence-corrected chi connectivity index (χ0v) is 16.5. The lowest BCUT2D eigenvalue weighted by Gasteiger charge is -2.03. The smallest absolute Gasteiger partial charge is 0.307 e. The fourth-order valence-corrected chi connectivity index (χ4v) is 4.04. The Morgan fingerprint density at radius 3 is 2.33 bits per heavy atom. The van der Waals surface area contributed by atoms with Crippen LogP contribution >= 0.6 is 34.5 Å². The summed E-state index contributed by atoms with van der Waals surface area (Å²) in [5, 5.41) is 9.99. The van der Waals surface area contributed by atoms with Gasteiger partial charge in [0.2, 0.25) is 5.78 Å². The Labute approximate surface area is 169 Å². The van der Waals surface area contributed by atoms with Gasteiger partial charge in [-0.1, -0.05) is 29.3 Å². The average molecular weight is 421 g/mol. The minimum atomic E-state index is -0.974. The van der Waals surface area contributed by atoms with Gasteiger partial charge in [-0.3, -0.25) is 9.59 Å². The Morgan fingerprint density at radius 2 is 1.74 bits per heavy atom. The molecule has 0 saturated heterocycles. The number of benzene rings is 2. The molecule has 3 rings (SSSR count).